The molecule has 4 nitrogen and oxygen atoms in total. The fraction of sp³-hybridized carbons (Fsp3) is 0. The van der Waals surface area contributed by atoms with E-state index in [1.165, 1.54) is 21.8 Å². The molecule has 2 aromatic heterocycles. The third-order valence-electron chi connectivity index (χ3n) is 8.52. The van der Waals surface area contributed by atoms with Crippen molar-refractivity contribution >= 4 is 55.9 Å². The van der Waals surface area contributed by atoms with Gasteiger partial charge in [-0.05, 0) is 48.5 Å². The van der Waals surface area contributed by atoms with Gasteiger partial charge in [-0.2, -0.15) is 0 Å². The number of hydrogen-bond donors (Lipinski definition) is 0. The van der Waals surface area contributed by atoms with Gasteiger partial charge in [0.2, 0.25) is 0 Å². The first-order valence-electron chi connectivity index (χ1n) is 14.1. The van der Waals surface area contributed by atoms with Gasteiger partial charge in [-0.1, -0.05) is 97.1 Å². The Balaban J connectivity index is 1.33. The van der Waals surface area contributed by atoms with Crippen molar-refractivity contribution in [2.45, 2.75) is 0 Å². The smallest absolute Gasteiger partial charge is 0.175 e. The van der Waals surface area contributed by atoms with Crippen molar-refractivity contribution in [2.24, 2.45) is 0 Å². The fourth-order valence-corrected chi connectivity index (χ4v) is 9.75. The molecule has 0 saturated carbocycles. The van der Waals surface area contributed by atoms with E-state index >= 15 is 4.57 Å². The van der Waals surface area contributed by atoms with Crippen LogP contribution in [0.4, 0.5) is 0 Å². The first kappa shape index (κ1) is 23.5. The van der Waals surface area contributed by atoms with Crippen molar-refractivity contribution in [1.82, 2.24) is 14.1 Å². The normalized spacial score (nSPS) is 15.8. The molecule has 8 aromatic rings. The summed E-state index contributed by atoms with van der Waals surface area (Å²) in [4.78, 5) is 5.19. The Labute approximate surface area is 242 Å². The monoisotopic (exact) mass is 557 g/mol. The minimum Gasteiger partial charge on any atom is -0.309 e. The Hall–Kier alpha value is -5.18. The van der Waals surface area contributed by atoms with Crippen LogP contribution in [0, 0.1) is 0 Å². The summed E-state index contributed by atoms with van der Waals surface area (Å²) in [6.07, 6.45) is 0. The van der Waals surface area contributed by atoms with Gasteiger partial charge in [-0.15, -0.1) is 0 Å². The van der Waals surface area contributed by atoms with E-state index in [2.05, 4.69) is 88.0 Å². The molecule has 0 saturated heterocycles. The van der Waals surface area contributed by atoms with Gasteiger partial charge in [0.1, 0.15) is 5.82 Å². The quantitative estimate of drug-likeness (QED) is 0.209. The van der Waals surface area contributed by atoms with Crippen LogP contribution in [0.25, 0.3) is 55.6 Å². The van der Waals surface area contributed by atoms with Gasteiger partial charge >= 0.3 is 0 Å². The first-order chi connectivity index (χ1) is 20.7. The van der Waals surface area contributed by atoms with Crippen LogP contribution in [0.5, 0.6) is 0 Å². The van der Waals surface area contributed by atoms with Crippen LogP contribution in [-0.4, -0.2) is 14.1 Å². The zero-order valence-electron chi connectivity index (χ0n) is 22.6. The maximum absolute atomic E-state index is 15.2. The topological polar surface area (TPSA) is 39.8 Å². The molecule has 0 N–H and O–H groups in total. The second-order valence-electron chi connectivity index (χ2n) is 10.8. The van der Waals surface area contributed by atoms with Crippen molar-refractivity contribution < 1.29 is 4.57 Å². The lowest BCUT2D eigenvalue weighted by Crippen LogP contribution is -2.32. The molecule has 1 unspecified atom stereocenters. The SMILES string of the molecule is O=P1(c2ccccc2)c2ccccc2-n2c(-c3cccc(-n4c5ccccc5c5ccccc54)c3)nc3cccc1c32. The molecule has 0 amide bonds. The predicted octanol–water partition coefficient (Wildman–Crippen LogP) is 7.74. The van der Waals surface area contributed by atoms with Crippen LogP contribution in [-0.2, 0) is 4.57 Å². The molecule has 0 spiro atoms. The molecule has 0 radical (unpaired) electrons. The molecule has 6 aromatic carbocycles. The van der Waals surface area contributed by atoms with Crippen molar-refractivity contribution in [3.8, 4) is 22.8 Å². The van der Waals surface area contributed by atoms with E-state index in [9.17, 15) is 0 Å². The molecular formula is C37H24N3OP. The fourth-order valence-electron chi connectivity index (χ4n) is 6.74. The number of aromatic nitrogens is 3. The number of hydrogen-bond acceptors (Lipinski definition) is 2. The molecule has 3 heterocycles. The molecule has 1 atom stereocenters. The number of fused-ring (bicyclic) bond motifs is 5. The van der Waals surface area contributed by atoms with Gasteiger partial charge < -0.3 is 9.13 Å². The Kier molecular flexibility index (Phi) is 4.85. The minimum absolute atomic E-state index is 0.835. The standard InChI is InChI=1S/C37H24N3OP/c41-42(27-14-2-1-3-15-27)34-22-9-8-21-33(34)40-36-30(18-11-23-35(36)42)38-37(40)25-12-10-13-26(24-25)39-31-19-6-4-16-28(31)29-17-5-7-20-32(29)39/h1-24H. The highest BCUT2D eigenvalue weighted by atomic mass is 31.2. The Bertz CT molecular complexity index is 2350. The Morgan fingerprint density at radius 2 is 1.19 bits per heavy atom. The zero-order valence-corrected chi connectivity index (χ0v) is 23.4. The van der Waals surface area contributed by atoms with Gasteiger partial charge in [0, 0.05) is 37.9 Å². The maximum atomic E-state index is 15.2. The summed E-state index contributed by atoms with van der Waals surface area (Å²) in [5.41, 5.74) is 7.09. The minimum atomic E-state index is -3.11. The first-order valence-corrected chi connectivity index (χ1v) is 15.8. The molecule has 42 heavy (non-hydrogen) atoms. The molecule has 0 bridgehead atoms. The zero-order chi connectivity index (χ0) is 27.8. The van der Waals surface area contributed by atoms with Gasteiger partial charge in [0.05, 0.1) is 27.8 Å². The Morgan fingerprint density at radius 3 is 1.98 bits per heavy atom. The summed E-state index contributed by atoms with van der Waals surface area (Å²) in [7, 11) is -3.11. The third-order valence-corrected chi connectivity index (χ3v) is 11.6. The van der Waals surface area contributed by atoms with Gasteiger partial charge in [-0.3, -0.25) is 4.57 Å². The summed E-state index contributed by atoms with van der Waals surface area (Å²) in [6.45, 7) is 0. The van der Waals surface area contributed by atoms with Crippen molar-refractivity contribution in [3.05, 3.63) is 146 Å². The highest BCUT2D eigenvalue weighted by Crippen LogP contribution is 2.50. The van der Waals surface area contributed by atoms with E-state index in [0.29, 0.717) is 0 Å². The van der Waals surface area contributed by atoms with Gasteiger partial charge in [-0.25, -0.2) is 4.98 Å². The van der Waals surface area contributed by atoms with Crippen molar-refractivity contribution in [2.75, 3.05) is 0 Å². The van der Waals surface area contributed by atoms with E-state index in [4.69, 9.17) is 4.98 Å². The number of nitrogens with zero attached hydrogens (tertiary/aromatic N) is 3. The number of rotatable bonds is 3. The third kappa shape index (κ3) is 3.07. The number of benzene rings is 6. The van der Waals surface area contributed by atoms with Gasteiger partial charge in [0.25, 0.3) is 0 Å². The highest BCUT2D eigenvalue weighted by molar-refractivity contribution is 7.86. The molecular weight excluding hydrogens is 533 g/mol. The lowest BCUT2D eigenvalue weighted by atomic mass is 10.1. The molecule has 0 fully saturated rings. The molecule has 1 aliphatic rings. The summed E-state index contributed by atoms with van der Waals surface area (Å²) in [5, 5.41) is 4.98. The predicted molar refractivity (Wildman–Crippen MR) is 174 cm³/mol. The maximum Gasteiger partial charge on any atom is 0.175 e. The van der Waals surface area contributed by atoms with E-state index in [1.807, 2.05) is 66.7 Å². The van der Waals surface area contributed by atoms with Crippen molar-refractivity contribution in [1.29, 1.82) is 0 Å². The highest BCUT2D eigenvalue weighted by Gasteiger charge is 2.39. The lowest BCUT2D eigenvalue weighted by molar-refractivity contribution is 0.592. The lowest BCUT2D eigenvalue weighted by Gasteiger charge is -2.29. The Morgan fingerprint density at radius 1 is 0.548 bits per heavy atom. The molecule has 198 valence electrons. The summed E-state index contributed by atoms with van der Waals surface area (Å²) < 4.78 is 19.8. The van der Waals surface area contributed by atoms with Crippen LogP contribution in [0.2, 0.25) is 0 Å². The summed E-state index contributed by atoms with van der Waals surface area (Å²) in [6, 6.07) is 49.7. The van der Waals surface area contributed by atoms with E-state index < -0.39 is 7.14 Å². The summed E-state index contributed by atoms with van der Waals surface area (Å²) >= 11 is 0. The van der Waals surface area contributed by atoms with Gasteiger partial charge in [0.15, 0.2) is 7.14 Å². The van der Waals surface area contributed by atoms with Crippen LogP contribution in [0.1, 0.15) is 0 Å². The molecule has 9 rings (SSSR count). The number of imidazole rings is 1. The largest absolute Gasteiger partial charge is 0.309 e. The van der Waals surface area contributed by atoms with E-state index in [-0.39, 0.29) is 0 Å². The van der Waals surface area contributed by atoms with Crippen LogP contribution < -0.4 is 15.9 Å². The second kappa shape index (κ2) is 8.66. The van der Waals surface area contributed by atoms with E-state index in [1.54, 1.807) is 0 Å². The molecule has 0 aliphatic carbocycles. The van der Waals surface area contributed by atoms with E-state index in [0.717, 1.165) is 49.7 Å². The number of para-hydroxylation sites is 4. The average Bonchev–Trinajstić information content (AvgIpc) is 3.61. The second-order valence-corrected chi connectivity index (χ2v) is 13.5. The van der Waals surface area contributed by atoms with Crippen LogP contribution in [0.15, 0.2) is 146 Å². The summed E-state index contributed by atoms with van der Waals surface area (Å²) in [5.74, 6) is 0.840. The molecule has 5 heteroatoms. The molecule has 1 aliphatic heterocycles. The average molecular weight is 558 g/mol. The van der Waals surface area contributed by atoms with Crippen LogP contribution in [0.3, 0.4) is 0 Å². The van der Waals surface area contributed by atoms with Crippen molar-refractivity contribution in [3.63, 3.8) is 0 Å². The van der Waals surface area contributed by atoms with Crippen LogP contribution >= 0.6 is 7.14 Å².